The van der Waals surface area contributed by atoms with E-state index in [0.717, 1.165) is 19.4 Å². The smallest absolute Gasteiger partial charge is 0.307 e. The lowest BCUT2D eigenvalue weighted by Gasteiger charge is -2.10. The molecule has 1 unspecified atom stereocenters. The number of nitrogens with zero attached hydrogens (tertiary/aromatic N) is 1. The number of carbonyl (C=O) groups is 2. The van der Waals surface area contributed by atoms with Gasteiger partial charge < -0.3 is 20.1 Å². The van der Waals surface area contributed by atoms with Crippen molar-refractivity contribution in [3.63, 3.8) is 0 Å². The number of esters is 1. The molecule has 7 heteroatoms. The van der Waals surface area contributed by atoms with Gasteiger partial charge in [0.25, 0.3) is 5.91 Å². The maximum atomic E-state index is 11.8. The molecule has 1 heterocycles. The third-order valence-electron chi connectivity index (χ3n) is 2.90. The Kier molecular flexibility index (Phi) is 7.90. The van der Waals surface area contributed by atoms with Crippen molar-refractivity contribution in [1.82, 2.24) is 10.6 Å². The van der Waals surface area contributed by atoms with Gasteiger partial charge in [0.2, 0.25) is 0 Å². The minimum Gasteiger partial charge on any atom is -0.466 e. The summed E-state index contributed by atoms with van der Waals surface area (Å²) in [6.45, 7) is 3.50. The fourth-order valence-electron chi connectivity index (χ4n) is 1.84. The zero-order chi connectivity index (χ0) is 15.5. The lowest BCUT2D eigenvalue weighted by Crippen LogP contribution is -2.33. The van der Waals surface area contributed by atoms with Crippen LogP contribution in [0.15, 0.2) is 11.8 Å². The molecule has 1 saturated heterocycles. The van der Waals surface area contributed by atoms with Crippen molar-refractivity contribution in [2.75, 3.05) is 26.3 Å². The summed E-state index contributed by atoms with van der Waals surface area (Å²) in [5.41, 5.74) is -0.0307. The van der Waals surface area contributed by atoms with Crippen LogP contribution in [0.3, 0.4) is 0 Å². The Morgan fingerprint density at radius 3 is 2.95 bits per heavy atom. The van der Waals surface area contributed by atoms with Gasteiger partial charge in [-0.05, 0) is 19.8 Å². The molecule has 21 heavy (non-hydrogen) atoms. The zero-order valence-electron chi connectivity index (χ0n) is 12.2. The highest BCUT2D eigenvalue weighted by molar-refractivity contribution is 5.97. The minimum atomic E-state index is -0.448. The lowest BCUT2D eigenvalue weighted by molar-refractivity contribution is -0.142. The van der Waals surface area contributed by atoms with E-state index in [4.69, 9.17) is 14.7 Å². The van der Waals surface area contributed by atoms with E-state index in [9.17, 15) is 9.59 Å². The zero-order valence-corrected chi connectivity index (χ0v) is 12.2. The summed E-state index contributed by atoms with van der Waals surface area (Å²) in [4.78, 5) is 22.9. The van der Waals surface area contributed by atoms with E-state index < -0.39 is 5.91 Å². The standard InChI is InChI=1S/C14H21N3O4/c1-2-20-13(18)5-6-16-9-11(8-15)14(19)17-10-12-4-3-7-21-12/h9,12,16H,2-7,10H2,1H3,(H,17,19)/b11-9-. The number of amides is 1. The molecule has 1 atom stereocenters. The molecular weight excluding hydrogens is 274 g/mol. The molecular formula is C14H21N3O4. The van der Waals surface area contributed by atoms with E-state index >= 15 is 0 Å². The van der Waals surface area contributed by atoms with Crippen molar-refractivity contribution in [3.05, 3.63) is 11.8 Å². The fraction of sp³-hybridized carbons (Fsp3) is 0.643. The van der Waals surface area contributed by atoms with Crippen LogP contribution in [-0.2, 0) is 19.1 Å². The van der Waals surface area contributed by atoms with Gasteiger partial charge in [0.1, 0.15) is 11.6 Å². The summed E-state index contributed by atoms with van der Waals surface area (Å²) in [5, 5.41) is 14.4. The number of hydrogen-bond donors (Lipinski definition) is 2. The molecule has 1 fully saturated rings. The SMILES string of the molecule is CCOC(=O)CCN/C=C(/C#N)C(=O)NCC1CCCO1. The highest BCUT2D eigenvalue weighted by Gasteiger charge is 2.17. The topological polar surface area (TPSA) is 100 Å². The normalized spacial score (nSPS) is 17.9. The van der Waals surface area contributed by atoms with Crippen molar-refractivity contribution in [2.45, 2.75) is 32.3 Å². The average Bonchev–Trinajstić information content (AvgIpc) is 2.98. The summed E-state index contributed by atoms with van der Waals surface area (Å²) < 4.78 is 10.1. The van der Waals surface area contributed by atoms with Crippen LogP contribution in [-0.4, -0.2) is 44.3 Å². The molecule has 0 aromatic carbocycles. The quantitative estimate of drug-likeness (QED) is 0.288. The largest absolute Gasteiger partial charge is 0.466 e. The van der Waals surface area contributed by atoms with Gasteiger partial charge in [-0.1, -0.05) is 0 Å². The maximum absolute atomic E-state index is 11.8. The fourth-order valence-corrected chi connectivity index (χ4v) is 1.84. The monoisotopic (exact) mass is 295 g/mol. The Hall–Kier alpha value is -2.07. The van der Waals surface area contributed by atoms with Crippen molar-refractivity contribution < 1.29 is 19.1 Å². The van der Waals surface area contributed by atoms with Gasteiger partial charge in [0, 0.05) is 25.9 Å². The van der Waals surface area contributed by atoms with Gasteiger partial charge in [-0.25, -0.2) is 0 Å². The molecule has 7 nitrogen and oxygen atoms in total. The molecule has 0 radical (unpaired) electrons. The summed E-state index contributed by atoms with van der Waals surface area (Å²) in [6.07, 6.45) is 3.44. The number of ether oxygens (including phenoxy) is 2. The molecule has 1 aliphatic rings. The first-order chi connectivity index (χ1) is 10.2. The van der Waals surface area contributed by atoms with Crippen LogP contribution < -0.4 is 10.6 Å². The molecule has 116 valence electrons. The van der Waals surface area contributed by atoms with Gasteiger partial charge >= 0.3 is 5.97 Å². The Balaban J connectivity index is 2.27. The van der Waals surface area contributed by atoms with Crippen LogP contribution in [0.25, 0.3) is 0 Å². The molecule has 0 saturated carbocycles. The van der Waals surface area contributed by atoms with Gasteiger partial charge in [0.15, 0.2) is 0 Å². The average molecular weight is 295 g/mol. The summed E-state index contributed by atoms with van der Waals surface area (Å²) >= 11 is 0. The van der Waals surface area contributed by atoms with Crippen LogP contribution in [0, 0.1) is 11.3 Å². The Bertz CT molecular complexity index is 422. The predicted molar refractivity (Wildman–Crippen MR) is 74.9 cm³/mol. The van der Waals surface area contributed by atoms with Crippen molar-refractivity contribution in [2.24, 2.45) is 0 Å². The Labute approximate surface area is 124 Å². The predicted octanol–water partition coefficient (Wildman–Crippen LogP) is 0.232. The van der Waals surface area contributed by atoms with Crippen LogP contribution in [0.5, 0.6) is 0 Å². The third kappa shape index (κ3) is 6.77. The number of nitrogens with one attached hydrogen (secondary N) is 2. The highest BCUT2D eigenvalue weighted by Crippen LogP contribution is 2.10. The first-order valence-corrected chi connectivity index (χ1v) is 7.06. The van der Waals surface area contributed by atoms with E-state index in [2.05, 4.69) is 10.6 Å². The van der Waals surface area contributed by atoms with Crippen molar-refractivity contribution in [1.29, 1.82) is 5.26 Å². The van der Waals surface area contributed by atoms with Gasteiger partial charge in [-0.15, -0.1) is 0 Å². The molecule has 0 aliphatic carbocycles. The highest BCUT2D eigenvalue weighted by atomic mass is 16.5. The van der Waals surface area contributed by atoms with E-state index in [1.165, 1.54) is 6.20 Å². The van der Waals surface area contributed by atoms with Crippen LogP contribution in [0.4, 0.5) is 0 Å². The maximum Gasteiger partial charge on any atom is 0.307 e. The summed E-state index contributed by atoms with van der Waals surface area (Å²) in [5.74, 6) is -0.767. The molecule has 1 amide bonds. The van der Waals surface area contributed by atoms with E-state index in [1.54, 1.807) is 6.92 Å². The molecule has 0 bridgehead atoms. The van der Waals surface area contributed by atoms with Gasteiger partial charge in [-0.2, -0.15) is 5.26 Å². The van der Waals surface area contributed by atoms with Crippen LogP contribution in [0.2, 0.25) is 0 Å². The van der Waals surface area contributed by atoms with E-state index in [-0.39, 0.29) is 24.1 Å². The third-order valence-corrected chi connectivity index (χ3v) is 2.90. The molecule has 0 spiro atoms. The van der Waals surface area contributed by atoms with Crippen LogP contribution in [0.1, 0.15) is 26.2 Å². The van der Waals surface area contributed by atoms with Crippen molar-refractivity contribution in [3.8, 4) is 6.07 Å². The molecule has 2 N–H and O–H groups in total. The second kappa shape index (κ2) is 9.77. The first kappa shape index (κ1) is 17.0. The number of nitriles is 1. The summed E-state index contributed by atoms with van der Waals surface area (Å²) in [7, 11) is 0. The van der Waals surface area contributed by atoms with Crippen LogP contribution >= 0.6 is 0 Å². The lowest BCUT2D eigenvalue weighted by atomic mass is 10.2. The number of carbonyl (C=O) groups excluding carboxylic acids is 2. The number of rotatable bonds is 8. The second-order valence-electron chi connectivity index (χ2n) is 4.52. The molecule has 0 aromatic heterocycles. The second-order valence-corrected chi connectivity index (χ2v) is 4.52. The van der Waals surface area contributed by atoms with E-state index in [1.807, 2.05) is 6.07 Å². The van der Waals surface area contributed by atoms with Gasteiger partial charge in [-0.3, -0.25) is 9.59 Å². The van der Waals surface area contributed by atoms with E-state index in [0.29, 0.717) is 19.7 Å². The minimum absolute atomic E-state index is 0.0307. The number of hydrogen-bond acceptors (Lipinski definition) is 6. The van der Waals surface area contributed by atoms with Crippen molar-refractivity contribution >= 4 is 11.9 Å². The first-order valence-electron chi connectivity index (χ1n) is 7.06. The molecule has 0 aromatic rings. The Morgan fingerprint density at radius 2 is 2.33 bits per heavy atom. The van der Waals surface area contributed by atoms with Gasteiger partial charge in [0.05, 0.1) is 19.1 Å². The summed E-state index contributed by atoms with van der Waals surface area (Å²) in [6, 6.07) is 1.82. The Morgan fingerprint density at radius 1 is 1.52 bits per heavy atom. The molecule has 1 rings (SSSR count). The molecule has 1 aliphatic heterocycles.